The first-order valence-electron chi connectivity index (χ1n) is 7.92. The Morgan fingerprint density at radius 3 is 2.15 bits per heavy atom. The van der Waals surface area contributed by atoms with Crippen LogP contribution in [-0.4, -0.2) is 15.6 Å². The van der Waals surface area contributed by atoms with E-state index in [1.54, 1.807) is 31.2 Å². The zero-order valence-corrected chi connectivity index (χ0v) is 14.3. The highest BCUT2D eigenvalue weighted by atomic mass is 16.4. The first-order valence-corrected chi connectivity index (χ1v) is 7.92. The fourth-order valence-corrected chi connectivity index (χ4v) is 3.14. The predicted molar refractivity (Wildman–Crippen MR) is 98.7 cm³/mol. The molecule has 0 fully saturated rings. The fraction of sp³-hybridized carbons (Fsp3) is 0.0476. The Morgan fingerprint density at radius 2 is 1.59 bits per heavy atom. The Labute approximate surface area is 155 Å². The molecule has 0 unspecified atom stereocenters. The van der Waals surface area contributed by atoms with Crippen LogP contribution < -0.4 is 0 Å². The van der Waals surface area contributed by atoms with Gasteiger partial charge in [0.1, 0.15) is 23.8 Å². The fourth-order valence-electron chi connectivity index (χ4n) is 3.14. The molecule has 0 spiro atoms. The van der Waals surface area contributed by atoms with Crippen LogP contribution in [0.1, 0.15) is 21.6 Å². The SMILES string of the molecule is Cc1c(C(C#N)=C(C#N)C#N)c2ccccc2n1-c1ccc(C(=O)O)cc1. The van der Waals surface area contributed by atoms with Gasteiger partial charge in [0.2, 0.25) is 0 Å². The Bertz CT molecular complexity index is 1210. The molecular formula is C21H12N4O2. The van der Waals surface area contributed by atoms with E-state index in [2.05, 4.69) is 0 Å². The molecule has 3 rings (SSSR count). The molecule has 0 saturated heterocycles. The Kier molecular flexibility index (Phi) is 4.45. The summed E-state index contributed by atoms with van der Waals surface area (Å²) in [4.78, 5) is 11.1. The normalized spacial score (nSPS) is 9.85. The highest BCUT2D eigenvalue weighted by Crippen LogP contribution is 2.34. The molecule has 1 N–H and O–H groups in total. The average Bonchev–Trinajstić information content (AvgIpc) is 2.98. The standard InChI is InChI=1S/C21H12N4O2/c1-13-20(18(12-24)15(10-22)11-23)17-4-2-3-5-19(17)25(13)16-8-6-14(7-9-16)21(26)27/h2-9H,1H3,(H,26,27). The van der Waals surface area contributed by atoms with E-state index < -0.39 is 5.97 Å². The number of carbonyl (C=O) groups is 1. The maximum absolute atomic E-state index is 11.1. The van der Waals surface area contributed by atoms with E-state index >= 15 is 0 Å². The van der Waals surface area contributed by atoms with Crippen molar-refractivity contribution in [3.63, 3.8) is 0 Å². The van der Waals surface area contributed by atoms with Crippen molar-refractivity contribution in [2.75, 3.05) is 0 Å². The van der Waals surface area contributed by atoms with Gasteiger partial charge < -0.3 is 9.67 Å². The number of rotatable bonds is 3. The molecule has 3 aromatic rings. The summed E-state index contributed by atoms with van der Waals surface area (Å²) < 4.78 is 1.88. The van der Waals surface area contributed by atoms with Crippen LogP contribution in [0.3, 0.4) is 0 Å². The van der Waals surface area contributed by atoms with Crippen LogP contribution in [-0.2, 0) is 0 Å². The van der Waals surface area contributed by atoms with Gasteiger partial charge in [0.25, 0.3) is 0 Å². The minimum atomic E-state index is -1.02. The van der Waals surface area contributed by atoms with E-state index in [0.717, 1.165) is 10.9 Å². The molecular weight excluding hydrogens is 340 g/mol. The van der Waals surface area contributed by atoms with Gasteiger partial charge in [-0.05, 0) is 37.3 Å². The molecule has 27 heavy (non-hydrogen) atoms. The van der Waals surface area contributed by atoms with E-state index in [9.17, 15) is 20.6 Å². The number of hydrogen-bond acceptors (Lipinski definition) is 4. The van der Waals surface area contributed by atoms with Gasteiger partial charge in [0, 0.05) is 22.3 Å². The number of para-hydroxylation sites is 1. The molecule has 1 aromatic heterocycles. The van der Waals surface area contributed by atoms with Gasteiger partial charge in [-0.3, -0.25) is 0 Å². The lowest BCUT2D eigenvalue weighted by Gasteiger charge is -2.09. The van der Waals surface area contributed by atoms with E-state index in [0.29, 0.717) is 16.9 Å². The van der Waals surface area contributed by atoms with Crippen molar-refractivity contribution in [2.24, 2.45) is 0 Å². The zero-order valence-electron chi connectivity index (χ0n) is 14.3. The summed E-state index contributed by atoms with van der Waals surface area (Å²) in [6.45, 7) is 1.80. The van der Waals surface area contributed by atoms with Crippen LogP contribution in [0.4, 0.5) is 0 Å². The summed E-state index contributed by atoms with van der Waals surface area (Å²) >= 11 is 0. The van der Waals surface area contributed by atoms with Crippen molar-refractivity contribution >= 4 is 22.4 Å². The molecule has 0 aliphatic carbocycles. The van der Waals surface area contributed by atoms with Crippen LogP contribution in [0.2, 0.25) is 0 Å². The zero-order chi connectivity index (χ0) is 19.6. The van der Waals surface area contributed by atoms with Gasteiger partial charge in [0.15, 0.2) is 0 Å². The lowest BCUT2D eigenvalue weighted by Crippen LogP contribution is -2.00. The predicted octanol–water partition coefficient (Wildman–Crippen LogP) is 3.96. The van der Waals surface area contributed by atoms with Gasteiger partial charge in [-0.2, -0.15) is 15.8 Å². The summed E-state index contributed by atoms with van der Waals surface area (Å²) in [6.07, 6.45) is 0. The maximum Gasteiger partial charge on any atom is 0.335 e. The monoisotopic (exact) mass is 352 g/mol. The Morgan fingerprint density at radius 1 is 0.963 bits per heavy atom. The third kappa shape index (κ3) is 2.80. The number of benzene rings is 2. The molecule has 0 amide bonds. The van der Waals surface area contributed by atoms with Gasteiger partial charge in [-0.1, -0.05) is 18.2 Å². The lowest BCUT2D eigenvalue weighted by molar-refractivity contribution is 0.0697. The highest BCUT2D eigenvalue weighted by Gasteiger charge is 2.21. The second-order valence-corrected chi connectivity index (χ2v) is 5.75. The molecule has 2 aromatic carbocycles. The van der Waals surface area contributed by atoms with Crippen molar-refractivity contribution in [3.8, 4) is 23.9 Å². The number of aromatic carboxylic acids is 1. The quantitative estimate of drug-likeness (QED) is 0.717. The molecule has 0 atom stereocenters. The number of hydrogen-bond donors (Lipinski definition) is 1. The molecule has 0 aliphatic heterocycles. The number of allylic oxidation sites excluding steroid dienone is 2. The smallest absolute Gasteiger partial charge is 0.335 e. The third-order valence-electron chi connectivity index (χ3n) is 4.32. The third-order valence-corrected chi connectivity index (χ3v) is 4.32. The maximum atomic E-state index is 11.1. The molecule has 0 aliphatic rings. The van der Waals surface area contributed by atoms with E-state index in [4.69, 9.17) is 5.11 Å². The van der Waals surface area contributed by atoms with Gasteiger partial charge in [0.05, 0.1) is 16.7 Å². The number of nitrogens with zero attached hydrogens (tertiary/aromatic N) is 4. The van der Waals surface area contributed by atoms with Gasteiger partial charge in [-0.25, -0.2) is 4.79 Å². The Balaban J connectivity index is 2.38. The van der Waals surface area contributed by atoms with Crippen LogP contribution in [0.5, 0.6) is 0 Å². The lowest BCUT2D eigenvalue weighted by atomic mass is 9.99. The minimum absolute atomic E-state index is 0.0228. The van der Waals surface area contributed by atoms with Crippen molar-refractivity contribution in [2.45, 2.75) is 6.92 Å². The molecule has 6 nitrogen and oxygen atoms in total. The summed E-state index contributed by atoms with van der Waals surface area (Å²) in [5.74, 6) is -1.02. The number of carboxylic acid groups (broad SMARTS) is 1. The average molecular weight is 352 g/mol. The van der Waals surface area contributed by atoms with E-state index in [1.807, 2.05) is 34.9 Å². The minimum Gasteiger partial charge on any atom is -0.478 e. The van der Waals surface area contributed by atoms with Crippen LogP contribution in [0.25, 0.3) is 22.2 Å². The number of fused-ring (bicyclic) bond motifs is 1. The van der Waals surface area contributed by atoms with Crippen molar-refractivity contribution in [3.05, 3.63) is 70.9 Å². The summed E-state index contributed by atoms with van der Waals surface area (Å²) in [5, 5.41) is 37.8. The first-order chi connectivity index (χ1) is 13.0. The summed E-state index contributed by atoms with van der Waals surface area (Å²) in [6, 6.07) is 19.3. The topological polar surface area (TPSA) is 114 Å². The molecule has 1 heterocycles. The summed E-state index contributed by atoms with van der Waals surface area (Å²) in [7, 11) is 0. The number of carboxylic acids is 1. The van der Waals surface area contributed by atoms with E-state index in [-0.39, 0.29) is 16.7 Å². The van der Waals surface area contributed by atoms with Gasteiger partial charge >= 0.3 is 5.97 Å². The van der Waals surface area contributed by atoms with Crippen molar-refractivity contribution < 1.29 is 9.90 Å². The van der Waals surface area contributed by atoms with E-state index in [1.165, 1.54) is 12.1 Å². The van der Waals surface area contributed by atoms with Crippen molar-refractivity contribution in [1.82, 2.24) is 4.57 Å². The molecule has 0 radical (unpaired) electrons. The second-order valence-electron chi connectivity index (χ2n) is 5.75. The highest BCUT2D eigenvalue weighted by molar-refractivity contribution is 6.01. The largest absolute Gasteiger partial charge is 0.478 e. The number of aromatic nitrogens is 1. The molecule has 0 bridgehead atoms. The second kappa shape index (κ2) is 6.88. The molecule has 0 saturated carbocycles. The van der Waals surface area contributed by atoms with Crippen molar-refractivity contribution in [1.29, 1.82) is 15.8 Å². The van der Waals surface area contributed by atoms with Crippen LogP contribution >= 0.6 is 0 Å². The van der Waals surface area contributed by atoms with Gasteiger partial charge in [-0.15, -0.1) is 0 Å². The van der Waals surface area contributed by atoms with Crippen LogP contribution in [0, 0.1) is 40.9 Å². The Hall–Kier alpha value is -4.34. The van der Waals surface area contributed by atoms with Crippen LogP contribution in [0.15, 0.2) is 54.1 Å². The molecule has 128 valence electrons. The number of nitriles is 3. The molecule has 6 heteroatoms. The first kappa shape index (κ1) is 17.5. The summed E-state index contributed by atoms with van der Waals surface area (Å²) in [5.41, 5.74) is 2.65.